The fraction of sp³-hybridized carbons (Fsp3) is 0.818. The number of hydrogen-bond donors (Lipinski definition) is 1. The van der Waals surface area contributed by atoms with Crippen molar-refractivity contribution in [3.63, 3.8) is 0 Å². The first-order valence-corrected chi connectivity index (χ1v) is 5.91. The van der Waals surface area contributed by atoms with Gasteiger partial charge in [-0.15, -0.1) is 0 Å². The van der Waals surface area contributed by atoms with E-state index in [1.165, 1.54) is 0 Å². The summed E-state index contributed by atoms with van der Waals surface area (Å²) in [5.74, 6) is 0.0657. The molecule has 3 amide bonds. The van der Waals surface area contributed by atoms with Crippen molar-refractivity contribution in [1.29, 1.82) is 0 Å². The Morgan fingerprint density at radius 1 is 1.12 bits per heavy atom. The normalized spacial score (nSPS) is 15.9. The molecule has 0 aromatic heterocycles. The van der Waals surface area contributed by atoms with Crippen LogP contribution in [0.15, 0.2) is 0 Å². The highest BCUT2D eigenvalue weighted by Gasteiger charge is 2.24. The molecule has 1 heterocycles. The fourth-order valence-electron chi connectivity index (χ4n) is 1.82. The average Bonchev–Trinajstić information content (AvgIpc) is 2.35. The first-order valence-electron chi connectivity index (χ1n) is 5.91. The summed E-state index contributed by atoms with van der Waals surface area (Å²) < 4.78 is 0. The van der Waals surface area contributed by atoms with Crippen LogP contribution in [0.3, 0.4) is 0 Å². The number of piperazine rings is 1. The zero-order chi connectivity index (χ0) is 12.8. The lowest BCUT2D eigenvalue weighted by atomic mass is 10.2. The van der Waals surface area contributed by atoms with E-state index in [1.54, 1.807) is 28.8 Å². The third-order valence-corrected chi connectivity index (χ3v) is 2.83. The minimum absolute atomic E-state index is 0.00698. The van der Waals surface area contributed by atoms with E-state index in [-0.39, 0.29) is 18.5 Å². The van der Waals surface area contributed by atoms with E-state index in [0.29, 0.717) is 39.0 Å². The molecule has 1 aliphatic rings. The van der Waals surface area contributed by atoms with Crippen LogP contribution in [0.1, 0.15) is 12.8 Å². The zero-order valence-corrected chi connectivity index (χ0v) is 10.6. The summed E-state index contributed by atoms with van der Waals surface area (Å²) in [6.07, 6.45) is 0.897. The smallest absolute Gasteiger partial charge is 0.319 e. The molecule has 6 heteroatoms. The maximum Gasteiger partial charge on any atom is 0.319 e. The molecule has 6 nitrogen and oxygen atoms in total. The maximum atomic E-state index is 11.7. The Balaban J connectivity index is 2.35. The van der Waals surface area contributed by atoms with Crippen LogP contribution in [0.4, 0.5) is 4.79 Å². The van der Waals surface area contributed by atoms with Crippen LogP contribution in [-0.2, 0) is 4.79 Å². The topological polar surface area (TPSA) is 64.1 Å². The second-order valence-electron chi connectivity index (χ2n) is 4.37. The van der Waals surface area contributed by atoms with Gasteiger partial charge in [0, 0.05) is 53.3 Å². The van der Waals surface area contributed by atoms with E-state index in [9.17, 15) is 9.59 Å². The number of aliphatic hydroxyl groups excluding tert-OH is 1. The molecule has 0 unspecified atom stereocenters. The SMILES string of the molecule is CN(C)C(=O)N1CCN(C(=O)CCCO)CC1. The number of carbonyl (C=O) groups is 2. The molecule has 0 bridgehead atoms. The van der Waals surface area contributed by atoms with E-state index in [2.05, 4.69) is 0 Å². The fourth-order valence-corrected chi connectivity index (χ4v) is 1.82. The van der Waals surface area contributed by atoms with Crippen molar-refractivity contribution >= 4 is 11.9 Å². The minimum atomic E-state index is -0.00698. The number of urea groups is 1. The Morgan fingerprint density at radius 3 is 2.12 bits per heavy atom. The molecule has 17 heavy (non-hydrogen) atoms. The lowest BCUT2D eigenvalue weighted by Gasteiger charge is -2.36. The lowest BCUT2D eigenvalue weighted by molar-refractivity contribution is -0.132. The Bertz CT molecular complexity index is 273. The van der Waals surface area contributed by atoms with Crippen molar-refractivity contribution in [2.75, 3.05) is 46.9 Å². The molecule has 1 saturated heterocycles. The molecule has 1 fully saturated rings. The average molecular weight is 243 g/mol. The minimum Gasteiger partial charge on any atom is -0.396 e. The van der Waals surface area contributed by atoms with Crippen LogP contribution < -0.4 is 0 Å². The van der Waals surface area contributed by atoms with Gasteiger partial charge in [0.25, 0.3) is 0 Å². The van der Waals surface area contributed by atoms with Crippen LogP contribution in [0, 0.1) is 0 Å². The third kappa shape index (κ3) is 3.89. The van der Waals surface area contributed by atoms with Gasteiger partial charge in [0.1, 0.15) is 0 Å². The molecule has 1 aliphatic heterocycles. The Morgan fingerprint density at radius 2 is 1.65 bits per heavy atom. The summed E-state index contributed by atoms with van der Waals surface area (Å²) in [7, 11) is 3.45. The molecule has 0 saturated carbocycles. The summed E-state index contributed by atoms with van der Waals surface area (Å²) in [5, 5.41) is 8.66. The molecular formula is C11H21N3O3. The van der Waals surface area contributed by atoms with Crippen LogP contribution in [0.5, 0.6) is 0 Å². The quantitative estimate of drug-likeness (QED) is 0.732. The lowest BCUT2D eigenvalue weighted by Crippen LogP contribution is -2.52. The van der Waals surface area contributed by atoms with Crippen LogP contribution >= 0.6 is 0 Å². The van der Waals surface area contributed by atoms with E-state index in [1.807, 2.05) is 0 Å². The van der Waals surface area contributed by atoms with Gasteiger partial charge >= 0.3 is 6.03 Å². The van der Waals surface area contributed by atoms with Crippen molar-refractivity contribution < 1.29 is 14.7 Å². The molecular weight excluding hydrogens is 222 g/mol. The molecule has 1 N–H and O–H groups in total. The summed E-state index contributed by atoms with van der Waals surface area (Å²) >= 11 is 0. The number of amides is 3. The Kier molecular flexibility index (Phi) is 5.21. The summed E-state index contributed by atoms with van der Waals surface area (Å²) in [6, 6.07) is -0.00698. The van der Waals surface area contributed by atoms with Crippen LogP contribution in [-0.4, -0.2) is 78.6 Å². The van der Waals surface area contributed by atoms with Gasteiger partial charge in [0.05, 0.1) is 0 Å². The monoisotopic (exact) mass is 243 g/mol. The molecule has 0 spiro atoms. The number of rotatable bonds is 3. The van der Waals surface area contributed by atoms with Crippen molar-refractivity contribution in [2.45, 2.75) is 12.8 Å². The molecule has 0 radical (unpaired) electrons. The second kappa shape index (κ2) is 6.44. The van der Waals surface area contributed by atoms with Crippen molar-refractivity contribution in [3.05, 3.63) is 0 Å². The van der Waals surface area contributed by atoms with Crippen molar-refractivity contribution in [2.24, 2.45) is 0 Å². The van der Waals surface area contributed by atoms with Crippen molar-refractivity contribution in [3.8, 4) is 0 Å². The molecule has 98 valence electrons. The van der Waals surface area contributed by atoms with Crippen LogP contribution in [0.2, 0.25) is 0 Å². The van der Waals surface area contributed by atoms with E-state index in [4.69, 9.17) is 5.11 Å². The third-order valence-electron chi connectivity index (χ3n) is 2.83. The van der Waals surface area contributed by atoms with Gasteiger partial charge in [-0.2, -0.15) is 0 Å². The molecule has 1 rings (SSSR count). The molecule has 0 aromatic carbocycles. The standard InChI is InChI=1S/C11H21N3O3/c1-12(2)11(17)14-7-5-13(6-8-14)10(16)4-3-9-15/h15H,3-9H2,1-2H3. The summed E-state index contributed by atoms with van der Waals surface area (Å²) in [6.45, 7) is 2.39. The van der Waals surface area contributed by atoms with Gasteiger partial charge < -0.3 is 19.8 Å². The highest BCUT2D eigenvalue weighted by molar-refractivity contribution is 5.77. The number of nitrogens with zero attached hydrogens (tertiary/aromatic N) is 3. The maximum absolute atomic E-state index is 11.7. The highest BCUT2D eigenvalue weighted by Crippen LogP contribution is 2.06. The van der Waals surface area contributed by atoms with Crippen LogP contribution in [0.25, 0.3) is 0 Å². The first kappa shape index (κ1) is 13.8. The van der Waals surface area contributed by atoms with E-state index < -0.39 is 0 Å². The summed E-state index contributed by atoms with van der Waals surface area (Å²) in [4.78, 5) is 28.4. The highest BCUT2D eigenvalue weighted by atomic mass is 16.3. The van der Waals surface area contributed by atoms with Gasteiger partial charge in [0.2, 0.25) is 5.91 Å². The van der Waals surface area contributed by atoms with Gasteiger partial charge in [0.15, 0.2) is 0 Å². The van der Waals surface area contributed by atoms with Gasteiger partial charge in [-0.25, -0.2) is 4.79 Å². The first-order chi connectivity index (χ1) is 8.06. The largest absolute Gasteiger partial charge is 0.396 e. The zero-order valence-electron chi connectivity index (χ0n) is 10.6. The van der Waals surface area contributed by atoms with Crippen molar-refractivity contribution in [1.82, 2.24) is 14.7 Å². The van der Waals surface area contributed by atoms with E-state index >= 15 is 0 Å². The molecule has 0 aromatic rings. The van der Waals surface area contributed by atoms with E-state index in [0.717, 1.165) is 0 Å². The predicted molar refractivity (Wildman–Crippen MR) is 63.6 cm³/mol. The van der Waals surface area contributed by atoms with Gasteiger partial charge in [-0.3, -0.25) is 4.79 Å². The Labute approximate surface area is 102 Å². The summed E-state index contributed by atoms with van der Waals surface area (Å²) in [5.41, 5.74) is 0. The van der Waals surface area contributed by atoms with Gasteiger partial charge in [-0.05, 0) is 6.42 Å². The number of carbonyl (C=O) groups excluding carboxylic acids is 2. The number of hydrogen-bond acceptors (Lipinski definition) is 3. The molecule has 0 atom stereocenters. The Hall–Kier alpha value is -1.30. The second-order valence-corrected chi connectivity index (χ2v) is 4.37. The predicted octanol–water partition coefficient (Wildman–Crippen LogP) is -0.415. The van der Waals surface area contributed by atoms with Gasteiger partial charge in [-0.1, -0.05) is 0 Å². The molecule has 0 aliphatic carbocycles. The number of aliphatic hydroxyl groups is 1.